The average Bonchev–Trinajstić information content (AvgIpc) is 3.32. The molecule has 0 bridgehead atoms. The summed E-state index contributed by atoms with van der Waals surface area (Å²) in [7, 11) is -4.28. The van der Waals surface area contributed by atoms with Gasteiger partial charge in [-0.05, 0) is 12.8 Å². The predicted molar refractivity (Wildman–Crippen MR) is 289 cm³/mol. The first-order chi connectivity index (χ1) is 32.9. The number of nitrogens with two attached hydrogens (primary N) is 1. The van der Waals surface area contributed by atoms with Crippen LogP contribution >= 0.6 is 7.82 Å². The molecule has 0 aliphatic heterocycles. The van der Waals surface area contributed by atoms with Gasteiger partial charge in [-0.3, -0.25) is 13.8 Å². The third-order valence-corrected chi connectivity index (χ3v) is 14.8. The number of phosphoric acid groups is 1. The van der Waals surface area contributed by atoms with Crippen LogP contribution in [-0.4, -0.2) is 49.9 Å². The van der Waals surface area contributed by atoms with Gasteiger partial charge in [0.05, 0.1) is 19.8 Å². The third kappa shape index (κ3) is 56.3. The van der Waals surface area contributed by atoms with Gasteiger partial charge in [0.15, 0.2) is 0 Å². The van der Waals surface area contributed by atoms with Crippen molar-refractivity contribution in [3.63, 3.8) is 0 Å². The Morgan fingerprint density at radius 2 is 0.657 bits per heavy atom. The summed E-state index contributed by atoms with van der Waals surface area (Å²) in [6.07, 6.45) is 64.5. The molecule has 9 heteroatoms. The van der Waals surface area contributed by atoms with Crippen molar-refractivity contribution in [2.45, 2.75) is 335 Å². The summed E-state index contributed by atoms with van der Waals surface area (Å²) in [6.45, 7) is 5.03. The number of ether oxygens (including phenoxy) is 2. The van der Waals surface area contributed by atoms with Gasteiger partial charge in [-0.1, -0.05) is 309 Å². The van der Waals surface area contributed by atoms with E-state index in [1.54, 1.807) is 0 Å². The number of rotatable bonds is 59. The van der Waals surface area contributed by atoms with E-state index in [1.165, 1.54) is 276 Å². The first kappa shape index (κ1) is 66.5. The molecule has 402 valence electrons. The molecule has 0 saturated carbocycles. The van der Waals surface area contributed by atoms with Crippen molar-refractivity contribution in [2.24, 2.45) is 5.73 Å². The van der Waals surface area contributed by atoms with Crippen molar-refractivity contribution in [3.8, 4) is 0 Å². The Kier molecular flexibility index (Phi) is 56.0. The second-order valence-electron chi connectivity index (χ2n) is 20.6. The van der Waals surface area contributed by atoms with Crippen LogP contribution in [0.15, 0.2) is 0 Å². The number of esters is 1. The van der Waals surface area contributed by atoms with E-state index in [0.717, 1.165) is 32.1 Å². The van der Waals surface area contributed by atoms with Crippen molar-refractivity contribution in [3.05, 3.63) is 0 Å². The molecule has 0 aliphatic carbocycles. The van der Waals surface area contributed by atoms with Crippen LogP contribution in [0.1, 0.15) is 328 Å². The molecule has 8 nitrogen and oxygen atoms in total. The lowest BCUT2D eigenvalue weighted by atomic mass is 10.0. The van der Waals surface area contributed by atoms with Gasteiger partial charge in [0.1, 0.15) is 6.10 Å². The Labute approximate surface area is 418 Å². The molecule has 0 aromatic rings. The van der Waals surface area contributed by atoms with E-state index in [4.69, 9.17) is 24.3 Å². The molecule has 0 aliphatic rings. The Morgan fingerprint density at radius 1 is 0.388 bits per heavy atom. The number of carbonyl (C=O) groups is 1. The van der Waals surface area contributed by atoms with Gasteiger partial charge < -0.3 is 20.1 Å². The molecule has 2 unspecified atom stereocenters. The van der Waals surface area contributed by atoms with Crippen LogP contribution < -0.4 is 5.73 Å². The zero-order valence-corrected chi connectivity index (χ0v) is 46.1. The molecule has 0 rings (SSSR count). The smallest absolute Gasteiger partial charge is 0.457 e. The molecule has 0 fully saturated rings. The molecule has 0 aromatic carbocycles. The SMILES string of the molecule is CCCCCCCCCCCCCCCCCCCCCCCCCCCOCC(COP(=O)(O)OCCN)OC(=O)CCCCCCCCCCCCCCCCCCCCCCCCC. The van der Waals surface area contributed by atoms with Gasteiger partial charge in [0.2, 0.25) is 0 Å². The highest BCUT2D eigenvalue weighted by Crippen LogP contribution is 2.43. The molecule has 0 heterocycles. The average molecular weight is 973 g/mol. The minimum atomic E-state index is -4.28. The largest absolute Gasteiger partial charge is 0.472 e. The highest BCUT2D eigenvalue weighted by Gasteiger charge is 2.25. The summed E-state index contributed by atoms with van der Waals surface area (Å²) in [5, 5.41) is 0. The van der Waals surface area contributed by atoms with Crippen molar-refractivity contribution in [1.29, 1.82) is 0 Å². The number of hydrogen-bond donors (Lipinski definition) is 2. The minimum Gasteiger partial charge on any atom is -0.457 e. The quantitative estimate of drug-likeness (QED) is 0.0352. The van der Waals surface area contributed by atoms with E-state index in [2.05, 4.69) is 13.8 Å². The standard InChI is InChI=1S/C58H118NO7P/c1-3-5-7-9-11-13-15-17-19-21-23-25-27-28-30-32-34-36-38-40-42-44-46-48-50-53-63-55-57(56-65-67(61,62)64-54-52-59)66-58(60)51-49-47-45-43-41-39-37-35-33-31-29-26-24-22-20-18-16-14-12-10-8-6-4-2/h57H,3-56,59H2,1-2H3,(H,61,62). The summed E-state index contributed by atoms with van der Waals surface area (Å²) in [4.78, 5) is 22.7. The molecule has 0 saturated heterocycles. The lowest BCUT2D eigenvalue weighted by Gasteiger charge is -2.20. The Balaban J connectivity index is 3.79. The molecular formula is C58H118NO7P. The number of unbranched alkanes of at least 4 members (excludes halogenated alkanes) is 46. The molecule has 0 radical (unpaired) electrons. The van der Waals surface area contributed by atoms with Crippen LogP contribution in [0.25, 0.3) is 0 Å². The fraction of sp³-hybridized carbons (Fsp3) is 0.983. The van der Waals surface area contributed by atoms with Gasteiger partial charge in [-0.25, -0.2) is 4.57 Å². The maximum Gasteiger partial charge on any atom is 0.472 e. The molecule has 0 amide bonds. The maximum atomic E-state index is 12.7. The maximum absolute atomic E-state index is 12.7. The molecule has 0 spiro atoms. The van der Waals surface area contributed by atoms with Crippen LogP contribution in [0.3, 0.4) is 0 Å². The summed E-state index contributed by atoms with van der Waals surface area (Å²) >= 11 is 0. The Bertz CT molecular complexity index is 1000. The second kappa shape index (κ2) is 56.4. The van der Waals surface area contributed by atoms with Gasteiger partial charge in [0, 0.05) is 19.6 Å². The van der Waals surface area contributed by atoms with Crippen LogP contribution in [0.4, 0.5) is 0 Å². The highest BCUT2D eigenvalue weighted by molar-refractivity contribution is 7.47. The normalized spacial score (nSPS) is 13.1. The van der Waals surface area contributed by atoms with Crippen LogP contribution in [0, 0.1) is 0 Å². The zero-order chi connectivity index (χ0) is 48.7. The van der Waals surface area contributed by atoms with E-state index in [-0.39, 0.29) is 32.3 Å². The first-order valence-corrected chi connectivity index (χ1v) is 31.5. The molecule has 3 N–H and O–H groups in total. The van der Waals surface area contributed by atoms with E-state index < -0.39 is 13.9 Å². The monoisotopic (exact) mass is 972 g/mol. The summed E-state index contributed by atoms with van der Waals surface area (Å²) in [5.41, 5.74) is 5.41. The molecule has 2 atom stereocenters. The second-order valence-corrected chi connectivity index (χ2v) is 22.0. The fourth-order valence-electron chi connectivity index (χ4n) is 9.36. The summed E-state index contributed by atoms with van der Waals surface area (Å²) in [6, 6.07) is 0. The number of carbonyl (C=O) groups excluding carboxylic acids is 1. The lowest BCUT2D eigenvalue weighted by molar-refractivity contribution is -0.154. The van der Waals surface area contributed by atoms with Gasteiger partial charge in [-0.15, -0.1) is 0 Å². The van der Waals surface area contributed by atoms with Crippen LogP contribution in [0.5, 0.6) is 0 Å². The number of phosphoric ester groups is 1. The van der Waals surface area contributed by atoms with E-state index in [1.807, 2.05) is 0 Å². The van der Waals surface area contributed by atoms with Crippen molar-refractivity contribution >= 4 is 13.8 Å². The topological polar surface area (TPSA) is 117 Å². The van der Waals surface area contributed by atoms with E-state index in [0.29, 0.717) is 13.0 Å². The molecule has 67 heavy (non-hydrogen) atoms. The van der Waals surface area contributed by atoms with E-state index in [9.17, 15) is 14.3 Å². The third-order valence-electron chi connectivity index (χ3n) is 13.8. The van der Waals surface area contributed by atoms with Crippen LogP contribution in [-0.2, 0) is 27.9 Å². The summed E-state index contributed by atoms with van der Waals surface area (Å²) in [5.74, 6) is -0.318. The molecule has 0 aromatic heterocycles. The molecular weight excluding hydrogens is 854 g/mol. The van der Waals surface area contributed by atoms with Crippen molar-refractivity contribution in [1.82, 2.24) is 0 Å². The number of hydrogen-bond acceptors (Lipinski definition) is 7. The summed E-state index contributed by atoms with van der Waals surface area (Å²) < 4.78 is 33.7. The van der Waals surface area contributed by atoms with Crippen molar-refractivity contribution in [2.75, 3.05) is 33.0 Å². The van der Waals surface area contributed by atoms with Crippen molar-refractivity contribution < 1.29 is 32.8 Å². The minimum absolute atomic E-state index is 0.0894. The lowest BCUT2D eigenvalue weighted by Crippen LogP contribution is -2.28. The Hall–Kier alpha value is -0.500. The predicted octanol–water partition coefficient (Wildman–Crippen LogP) is 19.2. The fourth-order valence-corrected chi connectivity index (χ4v) is 10.1. The van der Waals surface area contributed by atoms with Gasteiger partial charge >= 0.3 is 13.8 Å². The van der Waals surface area contributed by atoms with Gasteiger partial charge in [0.25, 0.3) is 0 Å². The Morgan fingerprint density at radius 3 is 0.940 bits per heavy atom. The van der Waals surface area contributed by atoms with E-state index >= 15 is 0 Å². The van der Waals surface area contributed by atoms with Gasteiger partial charge in [-0.2, -0.15) is 0 Å². The first-order valence-electron chi connectivity index (χ1n) is 30.0. The highest BCUT2D eigenvalue weighted by atomic mass is 31.2. The zero-order valence-electron chi connectivity index (χ0n) is 45.2. The van der Waals surface area contributed by atoms with Crippen LogP contribution in [0.2, 0.25) is 0 Å².